The standard InChI is InChI=1S/C28H38FN7O7/c1-10-35-21-18(40-15-16(29)14-36(24(37)41-26(2,3)4)25(38)42-27(5,6)7)13-31-17(11-12-28(8,9)39)19(21)32-23(35)20-22(30)34-43-33-20/h13,16,39H,10,14-15H2,1-9H3,(H2,30,34). The highest BCUT2D eigenvalue weighted by Crippen LogP contribution is 2.33. The average molecular weight is 604 g/mol. The van der Waals surface area contributed by atoms with Crippen LogP contribution in [0.3, 0.4) is 0 Å². The van der Waals surface area contributed by atoms with Gasteiger partial charge in [0.25, 0.3) is 0 Å². The first kappa shape index (κ1) is 33.1. The SMILES string of the molecule is CCn1c(-c2nonc2N)nc2c(C#CC(C)(C)O)ncc(OCC(F)CN(C(=O)OC(C)(C)C)C(=O)OC(C)(C)C)c21. The topological polar surface area (TPSA) is 181 Å². The lowest BCUT2D eigenvalue weighted by molar-refractivity contribution is -0.00450. The molecule has 0 radical (unpaired) electrons. The molecule has 15 heteroatoms. The number of aliphatic hydroxyl groups is 1. The van der Waals surface area contributed by atoms with Crippen LogP contribution in [0.1, 0.15) is 68.0 Å². The lowest BCUT2D eigenvalue weighted by Gasteiger charge is -2.29. The quantitative estimate of drug-likeness (QED) is 0.370. The number of nitrogens with zero attached hydrogens (tertiary/aromatic N) is 6. The van der Waals surface area contributed by atoms with E-state index in [2.05, 4.69) is 32.1 Å². The van der Waals surface area contributed by atoms with Crippen molar-refractivity contribution < 1.29 is 37.9 Å². The third-order valence-electron chi connectivity index (χ3n) is 5.29. The van der Waals surface area contributed by atoms with E-state index in [-0.39, 0.29) is 34.3 Å². The van der Waals surface area contributed by atoms with E-state index >= 15 is 4.39 Å². The summed E-state index contributed by atoms with van der Waals surface area (Å²) in [5.41, 5.74) is 3.77. The monoisotopic (exact) mass is 603 g/mol. The van der Waals surface area contributed by atoms with Gasteiger partial charge in [-0.1, -0.05) is 5.92 Å². The fraction of sp³-hybridized carbons (Fsp3) is 0.571. The molecule has 0 aliphatic carbocycles. The van der Waals surface area contributed by atoms with Gasteiger partial charge < -0.3 is 29.6 Å². The van der Waals surface area contributed by atoms with Gasteiger partial charge in [0.15, 0.2) is 29.3 Å². The van der Waals surface area contributed by atoms with Crippen molar-refractivity contribution in [3.63, 3.8) is 0 Å². The Kier molecular flexibility index (Phi) is 9.55. The molecule has 14 nitrogen and oxygen atoms in total. The van der Waals surface area contributed by atoms with Crippen molar-refractivity contribution in [1.29, 1.82) is 0 Å². The molecule has 3 N–H and O–H groups in total. The van der Waals surface area contributed by atoms with Crippen LogP contribution in [0.25, 0.3) is 22.6 Å². The number of anilines is 1. The summed E-state index contributed by atoms with van der Waals surface area (Å²) in [6, 6.07) is 0. The van der Waals surface area contributed by atoms with Crippen molar-refractivity contribution in [1.82, 2.24) is 29.7 Å². The van der Waals surface area contributed by atoms with Gasteiger partial charge in [0.05, 0.1) is 12.7 Å². The molecular formula is C28H38FN7O7. The van der Waals surface area contributed by atoms with E-state index in [1.165, 1.54) is 20.0 Å². The predicted octanol–water partition coefficient (Wildman–Crippen LogP) is 4.09. The van der Waals surface area contributed by atoms with Crippen LogP contribution in [0.5, 0.6) is 5.75 Å². The fourth-order valence-electron chi connectivity index (χ4n) is 3.65. The molecule has 0 saturated heterocycles. The zero-order valence-corrected chi connectivity index (χ0v) is 25.8. The Morgan fingerprint density at radius 1 is 1.12 bits per heavy atom. The number of aryl methyl sites for hydroxylation is 1. The summed E-state index contributed by atoms with van der Waals surface area (Å²) >= 11 is 0. The van der Waals surface area contributed by atoms with Crippen LogP contribution in [0.2, 0.25) is 0 Å². The second kappa shape index (κ2) is 12.4. The second-order valence-corrected chi connectivity index (χ2v) is 12.1. The Bertz CT molecular complexity index is 1510. The van der Waals surface area contributed by atoms with Crippen LogP contribution < -0.4 is 10.5 Å². The fourth-order valence-corrected chi connectivity index (χ4v) is 3.65. The minimum absolute atomic E-state index is 0.00208. The van der Waals surface area contributed by atoms with Crippen LogP contribution in [-0.4, -0.2) is 83.2 Å². The molecule has 3 aromatic rings. The number of halogens is 1. The lowest BCUT2D eigenvalue weighted by Crippen LogP contribution is -2.46. The Hall–Kier alpha value is -4.45. The van der Waals surface area contributed by atoms with Gasteiger partial charge in [0.2, 0.25) is 0 Å². The molecule has 0 spiro atoms. The van der Waals surface area contributed by atoms with Gasteiger partial charge in [0, 0.05) is 6.54 Å². The molecule has 1 unspecified atom stereocenters. The zero-order chi connectivity index (χ0) is 32.3. The zero-order valence-electron chi connectivity index (χ0n) is 25.8. The van der Waals surface area contributed by atoms with E-state index < -0.39 is 48.3 Å². The number of carbonyl (C=O) groups excluding carboxylic acids is 2. The van der Waals surface area contributed by atoms with Crippen molar-refractivity contribution in [3.05, 3.63) is 11.9 Å². The Morgan fingerprint density at radius 2 is 1.72 bits per heavy atom. The maximum absolute atomic E-state index is 15.4. The van der Waals surface area contributed by atoms with Crippen molar-refractivity contribution >= 4 is 29.0 Å². The van der Waals surface area contributed by atoms with Gasteiger partial charge in [-0.05, 0) is 78.5 Å². The van der Waals surface area contributed by atoms with Crippen LogP contribution in [0, 0.1) is 11.8 Å². The second-order valence-electron chi connectivity index (χ2n) is 12.1. The molecule has 3 heterocycles. The highest BCUT2D eigenvalue weighted by Gasteiger charge is 2.33. The van der Waals surface area contributed by atoms with Crippen LogP contribution in [0.4, 0.5) is 19.8 Å². The summed E-state index contributed by atoms with van der Waals surface area (Å²) in [4.78, 5) is 35.0. The molecular weight excluding hydrogens is 565 g/mol. The number of carbonyl (C=O) groups is 2. The molecule has 3 rings (SSSR count). The largest absolute Gasteiger partial charge is 0.487 e. The van der Waals surface area contributed by atoms with Crippen LogP contribution >= 0.6 is 0 Å². The maximum Gasteiger partial charge on any atom is 0.419 e. The summed E-state index contributed by atoms with van der Waals surface area (Å²) in [5.74, 6) is 5.91. The molecule has 0 saturated carbocycles. The first-order chi connectivity index (χ1) is 19.8. The minimum atomic E-state index is -1.85. The third-order valence-corrected chi connectivity index (χ3v) is 5.29. The molecule has 43 heavy (non-hydrogen) atoms. The van der Waals surface area contributed by atoms with E-state index in [9.17, 15) is 14.7 Å². The van der Waals surface area contributed by atoms with Crippen molar-refractivity contribution in [3.8, 4) is 29.1 Å². The van der Waals surface area contributed by atoms with Crippen molar-refractivity contribution in [2.45, 2.75) is 91.8 Å². The number of pyridine rings is 1. The molecule has 3 aromatic heterocycles. The van der Waals surface area contributed by atoms with E-state index in [0.29, 0.717) is 17.0 Å². The van der Waals surface area contributed by atoms with Crippen LogP contribution in [0.15, 0.2) is 10.8 Å². The molecule has 1 atom stereocenters. The molecule has 0 aromatic carbocycles. The molecule has 0 fully saturated rings. The summed E-state index contributed by atoms with van der Waals surface area (Å²) in [5, 5.41) is 17.6. The number of fused-ring (bicyclic) bond motifs is 1. The molecule has 234 valence electrons. The molecule has 0 bridgehead atoms. The number of hydrogen-bond donors (Lipinski definition) is 2. The van der Waals surface area contributed by atoms with Gasteiger partial charge in [-0.2, -0.15) is 0 Å². The first-order valence-corrected chi connectivity index (χ1v) is 13.5. The number of nitrogen functional groups attached to an aromatic ring is 1. The Morgan fingerprint density at radius 3 is 2.21 bits per heavy atom. The Labute approximate surface area is 248 Å². The van der Waals surface area contributed by atoms with E-state index in [1.54, 1.807) is 46.1 Å². The maximum atomic E-state index is 15.4. The van der Waals surface area contributed by atoms with Gasteiger partial charge in [-0.3, -0.25) is 0 Å². The van der Waals surface area contributed by atoms with Gasteiger partial charge in [0.1, 0.15) is 40.1 Å². The molecule has 2 amide bonds. The highest BCUT2D eigenvalue weighted by molar-refractivity contribution is 5.90. The number of hydrogen-bond acceptors (Lipinski definition) is 12. The normalized spacial score (nSPS) is 12.8. The number of alkyl halides is 1. The number of rotatable bonds is 7. The van der Waals surface area contributed by atoms with E-state index in [0.717, 1.165) is 0 Å². The summed E-state index contributed by atoms with van der Waals surface area (Å²) in [6.45, 7) is 13.7. The van der Waals surface area contributed by atoms with Crippen molar-refractivity contribution in [2.75, 3.05) is 18.9 Å². The lowest BCUT2D eigenvalue weighted by atomic mass is 10.1. The number of imide groups is 1. The Balaban J connectivity index is 1.97. The van der Waals surface area contributed by atoms with Crippen LogP contribution in [-0.2, 0) is 16.0 Å². The summed E-state index contributed by atoms with van der Waals surface area (Å²) < 4.78 is 38.3. The van der Waals surface area contributed by atoms with Gasteiger partial charge in [-0.25, -0.2) is 33.5 Å². The predicted molar refractivity (Wildman–Crippen MR) is 154 cm³/mol. The van der Waals surface area contributed by atoms with Gasteiger partial charge in [-0.15, -0.1) is 0 Å². The number of nitrogens with two attached hydrogens (primary N) is 1. The number of aromatic nitrogens is 5. The van der Waals surface area contributed by atoms with Crippen molar-refractivity contribution in [2.24, 2.45) is 0 Å². The average Bonchev–Trinajstić information content (AvgIpc) is 3.45. The van der Waals surface area contributed by atoms with E-state index in [4.69, 9.17) is 24.6 Å². The first-order valence-electron chi connectivity index (χ1n) is 13.5. The summed E-state index contributed by atoms with van der Waals surface area (Å²) in [6.07, 6.45) is -2.63. The number of imidazole rings is 1. The minimum Gasteiger partial charge on any atom is -0.487 e. The van der Waals surface area contributed by atoms with E-state index in [1.807, 2.05) is 6.92 Å². The molecule has 0 aliphatic rings. The number of amides is 2. The summed E-state index contributed by atoms with van der Waals surface area (Å²) in [7, 11) is 0. The smallest absolute Gasteiger partial charge is 0.419 e. The third kappa shape index (κ3) is 8.77. The highest BCUT2D eigenvalue weighted by atomic mass is 19.1. The number of ether oxygens (including phenoxy) is 3. The molecule has 0 aliphatic heterocycles. The van der Waals surface area contributed by atoms with Gasteiger partial charge >= 0.3 is 12.2 Å².